The van der Waals surface area contributed by atoms with Gasteiger partial charge in [0, 0.05) is 0 Å². The molecule has 0 aliphatic rings. The summed E-state index contributed by atoms with van der Waals surface area (Å²) in [5.41, 5.74) is 7.48. The van der Waals surface area contributed by atoms with Gasteiger partial charge in [0.05, 0.1) is 5.41 Å². The molecule has 5 nitrogen and oxygen atoms in total. The summed E-state index contributed by atoms with van der Waals surface area (Å²) in [5, 5.41) is 0. The molecular weight excluding hydrogens is 306 g/mol. The van der Waals surface area contributed by atoms with Crippen LogP contribution in [0, 0.1) is 5.41 Å². The van der Waals surface area contributed by atoms with Crippen LogP contribution in [0.2, 0.25) is 0 Å². The molecule has 1 rings (SSSR count). The molecule has 0 aliphatic carbocycles. The first-order valence-electron chi connectivity index (χ1n) is 8.10. The van der Waals surface area contributed by atoms with Crippen LogP contribution < -0.4 is 5.73 Å². The highest BCUT2D eigenvalue weighted by Gasteiger charge is 2.24. The number of hydrogen-bond donors (Lipinski definition) is 1. The van der Waals surface area contributed by atoms with Crippen LogP contribution in [-0.4, -0.2) is 24.8 Å². The average Bonchev–Trinajstić information content (AvgIpc) is 2.45. The molecule has 1 atom stereocenters. The molecule has 1 aromatic carbocycles. The Balaban J connectivity index is 2.48. The Morgan fingerprint density at radius 1 is 1.00 bits per heavy atom. The first kappa shape index (κ1) is 20.2. The van der Waals surface area contributed by atoms with E-state index in [-0.39, 0.29) is 5.41 Å². The minimum atomic E-state index is -0.793. The van der Waals surface area contributed by atoms with Crippen LogP contribution in [0.3, 0.4) is 0 Å². The molecule has 0 fully saturated rings. The van der Waals surface area contributed by atoms with Crippen LogP contribution in [0.25, 0.3) is 0 Å². The van der Waals surface area contributed by atoms with E-state index in [0.717, 1.165) is 5.56 Å². The Hall–Kier alpha value is -1.88. The zero-order chi connectivity index (χ0) is 18.5. The second kappa shape index (κ2) is 7.79. The Bertz CT molecular complexity index is 565. The van der Waals surface area contributed by atoms with Crippen molar-refractivity contribution in [2.75, 3.05) is 6.79 Å². The fourth-order valence-electron chi connectivity index (χ4n) is 1.94. The third-order valence-corrected chi connectivity index (χ3v) is 3.58. The molecule has 0 amide bonds. The second-order valence-electron chi connectivity index (χ2n) is 8.02. The zero-order valence-electron chi connectivity index (χ0n) is 15.5. The summed E-state index contributed by atoms with van der Waals surface area (Å²) in [5.74, 6) is -1.02. The molecule has 0 saturated heterocycles. The Kier molecular flexibility index (Phi) is 6.55. The van der Waals surface area contributed by atoms with E-state index in [2.05, 4.69) is 20.8 Å². The maximum absolute atomic E-state index is 11.9. The molecule has 2 N–H and O–H groups in total. The van der Waals surface area contributed by atoms with Crippen molar-refractivity contribution in [3.63, 3.8) is 0 Å². The van der Waals surface area contributed by atoms with Crippen molar-refractivity contribution < 1.29 is 19.1 Å². The van der Waals surface area contributed by atoms with E-state index in [1.807, 2.05) is 24.3 Å². The number of hydrogen-bond acceptors (Lipinski definition) is 5. The molecule has 1 unspecified atom stereocenters. The average molecular weight is 335 g/mol. The molecule has 24 heavy (non-hydrogen) atoms. The molecule has 0 radical (unpaired) electrons. The Morgan fingerprint density at radius 3 is 2.00 bits per heavy atom. The van der Waals surface area contributed by atoms with Crippen LogP contribution >= 0.6 is 0 Å². The lowest BCUT2D eigenvalue weighted by Gasteiger charge is -2.19. The molecule has 0 spiro atoms. The summed E-state index contributed by atoms with van der Waals surface area (Å²) in [6.07, 6.45) is 0.372. The molecule has 5 heteroatoms. The molecule has 0 aromatic heterocycles. The van der Waals surface area contributed by atoms with Crippen molar-refractivity contribution in [1.82, 2.24) is 0 Å². The first-order chi connectivity index (χ1) is 10.9. The number of ether oxygens (including phenoxy) is 2. The van der Waals surface area contributed by atoms with Crippen molar-refractivity contribution in [3.8, 4) is 0 Å². The smallest absolute Gasteiger partial charge is 0.326 e. The largest absolute Gasteiger partial charge is 0.427 e. The summed E-state index contributed by atoms with van der Waals surface area (Å²) >= 11 is 0. The predicted octanol–water partition coefficient (Wildman–Crippen LogP) is 2.94. The van der Waals surface area contributed by atoms with Gasteiger partial charge in [0.1, 0.15) is 6.04 Å². The highest BCUT2D eigenvalue weighted by Crippen LogP contribution is 2.22. The molecule has 134 valence electrons. The van der Waals surface area contributed by atoms with Crippen LogP contribution in [0.1, 0.15) is 52.7 Å². The Morgan fingerprint density at radius 2 is 1.54 bits per heavy atom. The minimum Gasteiger partial charge on any atom is -0.427 e. The third kappa shape index (κ3) is 6.32. The highest BCUT2D eigenvalue weighted by atomic mass is 16.7. The quantitative estimate of drug-likeness (QED) is 0.661. The van der Waals surface area contributed by atoms with E-state index in [1.165, 1.54) is 5.56 Å². The highest BCUT2D eigenvalue weighted by molar-refractivity contribution is 5.77. The van der Waals surface area contributed by atoms with E-state index in [0.29, 0.717) is 6.42 Å². The van der Waals surface area contributed by atoms with E-state index in [9.17, 15) is 9.59 Å². The van der Waals surface area contributed by atoms with Gasteiger partial charge in [-0.05, 0) is 43.7 Å². The topological polar surface area (TPSA) is 78.6 Å². The lowest BCUT2D eigenvalue weighted by atomic mass is 9.86. The maximum atomic E-state index is 11.9. The molecule has 0 aliphatic heterocycles. The molecule has 0 bridgehead atoms. The lowest BCUT2D eigenvalue weighted by Crippen LogP contribution is -2.35. The normalized spacial score (nSPS) is 13.3. The van der Waals surface area contributed by atoms with Crippen molar-refractivity contribution in [1.29, 1.82) is 0 Å². The summed E-state index contributed by atoms with van der Waals surface area (Å²) < 4.78 is 9.81. The van der Waals surface area contributed by atoms with Gasteiger partial charge in [-0.1, -0.05) is 45.0 Å². The molecule has 1 aromatic rings. The van der Waals surface area contributed by atoms with Crippen molar-refractivity contribution in [2.24, 2.45) is 11.1 Å². The van der Waals surface area contributed by atoms with E-state index < -0.39 is 30.2 Å². The van der Waals surface area contributed by atoms with E-state index >= 15 is 0 Å². The Labute approximate surface area is 144 Å². The third-order valence-electron chi connectivity index (χ3n) is 3.58. The SMILES string of the molecule is CC(C)(C)C(=O)OCOC(=O)C(N)Cc1ccc(C(C)(C)C)cc1. The number of rotatable bonds is 5. The number of carbonyl (C=O) groups excluding carboxylic acids is 2. The number of esters is 2. The van der Waals surface area contributed by atoms with Crippen LogP contribution in [0.4, 0.5) is 0 Å². The van der Waals surface area contributed by atoms with Gasteiger partial charge in [0.15, 0.2) is 0 Å². The van der Waals surface area contributed by atoms with Crippen molar-refractivity contribution in [2.45, 2.75) is 59.4 Å². The summed E-state index contributed by atoms with van der Waals surface area (Å²) in [4.78, 5) is 23.4. The van der Waals surface area contributed by atoms with Gasteiger partial charge in [0.25, 0.3) is 0 Å². The van der Waals surface area contributed by atoms with Crippen LogP contribution in [0.5, 0.6) is 0 Å². The van der Waals surface area contributed by atoms with Crippen molar-refractivity contribution in [3.05, 3.63) is 35.4 Å². The molecule has 0 saturated carbocycles. The predicted molar refractivity (Wildman–Crippen MR) is 93.3 cm³/mol. The van der Waals surface area contributed by atoms with Crippen LogP contribution in [0.15, 0.2) is 24.3 Å². The second-order valence-corrected chi connectivity index (χ2v) is 8.02. The monoisotopic (exact) mass is 335 g/mol. The van der Waals surface area contributed by atoms with Gasteiger partial charge in [-0.15, -0.1) is 0 Å². The zero-order valence-corrected chi connectivity index (χ0v) is 15.5. The fourth-order valence-corrected chi connectivity index (χ4v) is 1.94. The van der Waals surface area contributed by atoms with Gasteiger partial charge in [0.2, 0.25) is 6.79 Å². The van der Waals surface area contributed by atoms with E-state index in [1.54, 1.807) is 20.8 Å². The maximum Gasteiger partial charge on any atom is 0.326 e. The van der Waals surface area contributed by atoms with Crippen LogP contribution in [-0.2, 0) is 30.9 Å². The van der Waals surface area contributed by atoms with Gasteiger partial charge >= 0.3 is 11.9 Å². The number of carbonyl (C=O) groups is 2. The summed E-state index contributed by atoms with van der Waals surface area (Å²) in [6, 6.07) is 7.22. The standard InChI is InChI=1S/C19H29NO4/c1-18(2,3)14-9-7-13(8-10-14)11-15(20)16(21)23-12-24-17(22)19(4,5)6/h7-10,15H,11-12,20H2,1-6H3. The van der Waals surface area contributed by atoms with Gasteiger partial charge < -0.3 is 15.2 Å². The molecule has 0 heterocycles. The lowest BCUT2D eigenvalue weighted by molar-refractivity contribution is -0.173. The van der Waals surface area contributed by atoms with E-state index in [4.69, 9.17) is 15.2 Å². The number of nitrogens with two attached hydrogens (primary N) is 1. The summed E-state index contributed by atoms with van der Waals surface area (Å²) in [7, 11) is 0. The molecular formula is C19H29NO4. The van der Waals surface area contributed by atoms with Gasteiger partial charge in [-0.25, -0.2) is 0 Å². The number of benzene rings is 1. The van der Waals surface area contributed by atoms with Gasteiger partial charge in [-0.2, -0.15) is 0 Å². The van der Waals surface area contributed by atoms with Gasteiger partial charge in [-0.3, -0.25) is 9.59 Å². The summed E-state index contributed by atoms with van der Waals surface area (Å²) in [6.45, 7) is 11.2. The minimum absolute atomic E-state index is 0.0799. The fraction of sp³-hybridized carbons (Fsp3) is 0.579. The van der Waals surface area contributed by atoms with Crippen molar-refractivity contribution >= 4 is 11.9 Å². The first-order valence-corrected chi connectivity index (χ1v) is 8.10.